The van der Waals surface area contributed by atoms with Gasteiger partial charge < -0.3 is 9.47 Å². The van der Waals surface area contributed by atoms with Crippen LogP contribution in [0.4, 0.5) is 0 Å². The third kappa shape index (κ3) is 7.11. The molecule has 0 aromatic carbocycles. The van der Waals surface area contributed by atoms with Crippen molar-refractivity contribution in [2.75, 3.05) is 25.6 Å². The van der Waals surface area contributed by atoms with E-state index in [9.17, 15) is 8.42 Å². The molecule has 0 spiro atoms. The van der Waals surface area contributed by atoms with E-state index in [2.05, 4.69) is 0 Å². The van der Waals surface area contributed by atoms with Crippen molar-refractivity contribution in [1.82, 2.24) is 0 Å². The normalized spacial score (nSPS) is 19.3. The summed E-state index contributed by atoms with van der Waals surface area (Å²) < 4.78 is 32.0. The van der Waals surface area contributed by atoms with Crippen molar-refractivity contribution >= 4 is 19.7 Å². The maximum atomic E-state index is 10.6. The van der Waals surface area contributed by atoms with Gasteiger partial charge in [-0.05, 0) is 25.7 Å². The van der Waals surface area contributed by atoms with Crippen molar-refractivity contribution in [2.24, 2.45) is 0 Å². The van der Waals surface area contributed by atoms with Crippen LogP contribution >= 0.6 is 10.7 Å². The summed E-state index contributed by atoms with van der Waals surface area (Å²) in [5, 5.41) is 0. The molecule has 0 aliphatic carbocycles. The van der Waals surface area contributed by atoms with Crippen molar-refractivity contribution in [3.8, 4) is 0 Å². The highest BCUT2D eigenvalue weighted by Crippen LogP contribution is 2.11. The maximum Gasteiger partial charge on any atom is 0.232 e. The zero-order valence-electron chi connectivity index (χ0n) is 8.65. The smallest absolute Gasteiger partial charge is 0.232 e. The van der Waals surface area contributed by atoms with Crippen LogP contribution in [0.2, 0.25) is 0 Å². The molecule has 90 valence electrons. The molecule has 0 aromatic rings. The van der Waals surface area contributed by atoms with Gasteiger partial charge in [0, 0.05) is 30.5 Å². The van der Waals surface area contributed by atoms with Gasteiger partial charge in [-0.25, -0.2) is 8.42 Å². The van der Waals surface area contributed by atoms with Crippen LogP contribution in [0.1, 0.15) is 25.7 Å². The average molecular weight is 257 g/mol. The van der Waals surface area contributed by atoms with Crippen molar-refractivity contribution in [1.29, 1.82) is 0 Å². The highest BCUT2D eigenvalue weighted by atomic mass is 35.7. The Bertz CT molecular complexity index is 259. The molecule has 0 N–H and O–H groups in total. The van der Waals surface area contributed by atoms with Crippen LogP contribution in [0.3, 0.4) is 0 Å². The zero-order chi connectivity index (χ0) is 11.1. The molecule has 1 aliphatic heterocycles. The van der Waals surface area contributed by atoms with Gasteiger partial charge in [0.25, 0.3) is 0 Å². The van der Waals surface area contributed by atoms with E-state index in [0.717, 1.165) is 32.5 Å². The van der Waals surface area contributed by atoms with Crippen molar-refractivity contribution in [2.45, 2.75) is 31.8 Å². The first-order chi connectivity index (χ1) is 7.08. The second kappa shape index (κ2) is 6.68. The van der Waals surface area contributed by atoms with Crippen LogP contribution < -0.4 is 0 Å². The maximum absolute atomic E-state index is 10.6. The summed E-state index contributed by atoms with van der Waals surface area (Å²) in [6.07, 6.45) is 3.46. The summed E-state index contributed by atoms with van der Waals surface area (Å²) in [6, 6.07) is 0. The van der Waals surface area contributed by atoms with E-state index in [0.29, 0.717) is 13.0 Å². The number of unbranched alkanes of at least 4 members (excludes halogenated alkanes) is 1. The summed E-state index contributed by atoms with van der Waals surface area (Å²) in [4.78, 5) is 0. The fourth-order valence-corrected chi connectivity index (χ4v) is 2.35. The quantitative estimate of drug-likeness (QED) is 0.534. The molecule has 1 fully saturated rings. The lowest BCUT2D eigenvalue weighted by Gasteiger charge is -2.22. The average Bonchev–Trinajstić information content (AvgIpc) is 2.17. The van der Waals surface area contributed by atoms with Gasteiger partial charge in [-0.1, -0.05) is 0 Å². The minimum absolute atomic E-state index is 0.0334. The molecule has 0 amide bonds. The molecule has 0 aromatic heterocycles. The number of halogens is 1. The highest BCUT2D eigenvalue weighted by Gasteiger charge is 2.13. The van der Waals surface area contributed by atoms with Crippen molar-refractivity contribution in [3.63, 3.8) is 0 Å². The summed E-state index contributed by atoms with van der Waals surface area (Å²) in [5.41, 5.74) is 0. The molecule has 0 atom stereocenters. The van der Waals surface area contributed by atoms with Gasteiger partial charge >= 0.3 is 0 Å². The molecule has 1 saturated heterocycles. The number of ether oxygens (including phenoxy) is 2. The molecule has 0 bridgehead atoms. The molecule has 0 saturated carbocycles. The van der Waals surface area contributed by atoms with Gasteiger partial charge in [0.1, 0.15) is 0 Å². The monoisotopic (exact) mass is 256 g/mol. The van der Waals surface area contributed by atoms with Crippen LogP contribution in [-0.4, -0.2) is 40.1 Å². The largest absolute Gasteiger partial charge is 0.381 e. The standard InChI is InChI=1S/C9H17ClO4S/c10-15(11,12)8-2-1-5-14-9-3-6-13-7-4-9/h9H,1-8H2. The molecule has 0 unspecified atom stereocenters. The van der Waals surface area contributed by atoms with E-state index in [1.54, 1.807) is 0 Å². The number of hydrogen-bond donors (Lipinski definition) is 0. The van der Waals surface area contributed by atoms with Crippen LogP contribution in [0.15, 0.2) is 0 Å². The fraction of sp³-hybridized carbons (Fsp3) is 1.00. The Hall–Kier alpha value is 0.160. The van der Waals surface area contributed by atoms with Gasteiger partial charge in [-0.3, -0.25) is 0 Å². The van der Waals surface area contributed by atoms with E-state index in [-0.39, 0.29) is 11.9 Å². The van der Waals surface area contributed by atoms with E-state index in [1.165, 1.54) is 0 Å². The molecular weight excluding hydrogens is 240 g/mol. The van der Waals surface area contributed by atoms with Crippen LogP contribution in [0, 0.1) is 0 Å². The summed E-state index contributed by atoms with van der Waals surface area (Å²) >= 11 is 0. The first kappa shape index (κ1) is 13.2. The van der Waals surface area contributed by atoms with Crippen molar-refractivity contribution < 1.29 is 17.9 Å². The number of rotatable bonds is 6. The molecular formula is C9H17ClO4S. The lowest BCUT2D eigenvalue weighted by molar-refractivity contribution is -0.0323. The second-order valence-electron chi connectivity index (χ2n) is 3.63. The fourth-order valence-electron chi connectivity index (χ4n) is 1.47. The second-order valence-corrected chi connectivity index (χ2v) is 6.53. The Morgan fingerprint density at radius 3 is 2.53 bits per heavy atom. The van der Waals surface area contributed by atoms with E-state index in [4.69, 9.17) is 20.2 Å². The Labute approximate surface area is 95.3 Å². The van der Waals surface area contributed by atoms with Gasteiger partial charge in [0.2, 0.25) is 9.05 Å². The predicted molar refractivity (Wildman–Crippen MR) is 58.7 cm³/mol. The predicted octanol–water partition coefficient (Wildman–Crippen LogP) is 1.53. The Morgan fingerprint density at radius 1 is 1.27 bits per heavy atom. The third-order valence-electron chi connectivity index (χ3n) is 2.30. The molecule has 15 heavy (non-hydrogen) atoms. The SMILES string of the molecule is O=S(=O)(Cl)CCCCOC1CCOCC1. The minimum atomic E-state index is -3.33. The van der Waals surface area contributed by atoms with Crippen LogP contribution in [0.25, 0.3) is 0 Å². The summed E-state index contributed by atoms with van der Waals surface area (Å²) in [7, 11) is 1.74. The van der Waals surface area contributed by atoms with Gasteiger partial charge in [-0.15, -0.1) is 0 Å². The topological polar surface area (TPSA) is 52.6 Å². The van der Waals surface area contributed by atoms with Crippen LogP contribution in [-0.2, 0) is 18.5 Å². The lowest BCUT2D eigenvalue weighted by Crippen LogP contribution is -2.23. The Morgan fingerprint density at radius 2 is 1.93 bits per heavy atom. The molecule has 1 rings (SSSR count). The third-order valence-corrected chi connectivity index (χ3v) is 3.54. The van der Waals surface area contributed by atoms with Gasteiger partial charge in [-0.2, -0.15) is 0 Å². The first-order valence-corrected chi connectivity index (χ1v) is 7.67. The van der Waals surface area contributed by atoms with Gasteiger partial charge in [0.05, 0.1) is 11.9 Å². The van der Waals surface area contributed by atoms with Crippen molar-refractivity contribution in [3.05, 3.63) is 0 Å². The van der Waals surface area contributed by atoms with Crippen LogP contribution in [0.5, 0.6) is 0 Å². The summed E-state index contributed by atoms with van der Waals surface area (Å²) in [6.45, 7) is 2.14. The number of hydrogen-bond acceptors (Lipinski definition) is 4. The van der Waals surface area contributed by atoms with E-state index < -0.39 is 9.05 Å². The first-order valence-electron chi connectivity index (χ1n) is 5.19. The summed E-state index contributed by atoms with van der Waals surface area (Å²) in [5.74, 6) is 0.0334. The molecule has 0 radical (unpaired) electrons. The molecule has 4 nitrogen and oxygen atoms in total. The highest BCUT2D eigenvalue weighted by molar-refractivity contribution is 8.13. The lowest BCUT2D eigenvalue weighted by atomic mass is 10.1. The van der Waals surface area contributed by atoms with Gasteiger partial charge in [0.15, 0.2) is 0 Å². The molecule has 6 heteroatoms. The van der Waals surface area contributed by atoms with E-state index >= 15 is 0 Å². The molecule has 1 heterocycles. The minimum Gasteiger partial charge on any atom is -0.381 e. The zero-order valence-corrected chi connectivity index (χ0v) is 10.2. The molecule has 1 aliphatic rings. The Balaban J connectivity index is 1.96. The Kier molecular flexibility index (Phi) is 5.89. The van der Waals surface area contributed by atoms with E-state index in [1.807, 2.05) is 0 Å².